The van der Waals surface area contributed by atoms with E-state index in [9.17, 15) is 4.79 Å². The van der Waals surface area contributed by atoms with E-state index >= 15 is 0 Å². The molecular weight excluding hydrogens is 436 g/mol. The molecule has 0 spiro atoms. The molecule has 2 aromatic rings. The van der Waals surface area contributed by atoms with Crippen molar-refractivity contribution in [2.24, 2.45) is 0 Å². The molecule has 4 rings (SSSR count). The van der Waals surface area contributed by atoms with Crippen molar-refractivity contribution in [2.45, 2.75) is 51.1 Å². The van der Waals surface area contributed by atoms with Crippen molar-refractivity contribution >= 4 is 28.2 Å². The summed E-state index contributed by atoms with van der Waals surface area (Å²) in [6.07, 6.45) is 7.14. The lowest BCUT2D eigenvalue weighted by molar-refractivity contribution is 0.0367. The predicted molar refractivity (Wildman–Crippen MR) is 136 cm³/mol. The van der Waals surface area contributed by atoms with Gasteiger partial charge in [0.15, 0.2) is 5.11 Å². The molecular formula is C25H36N4O3S. The van der Waals surface area contributed by atoms with Crippen LogP contribution in [0.4, 0.5) is 0 Å². The number of morpholine rings is 1. The van der Waals surface area contributed by atoms with Crippen molar-refractivity contribution < 1.29 is 9.47 Å². The number of ether oxygens (including phenoxy) is 2. The number of aromatic amines is 1. The van der Waals surface area contributed by atoms with Crippen molar-refractivity contribution in [2.75, 3.05) is 46.5 Å². The van der Waals surface area contributed by atoms with E-state index in [4.69, 9.17) is 21.7 Å². The van der Waals surface area contributed by atoms with Gasteiger partial charge in [0.2, 0.25) is 0 Å². The van der Waals surface area contributed by atoms with Gasteiger partial charge in [-0.3, -0.25) is 9.69 Å². The topological polar surface area (TPSA) is 69.8 Å². The average molecular weight is 473 g/mol. The molecule has 1 saturated heterocycles. The molecule has 0 radical (unpaired) electrons. The Labute approximate surface area is 201 Å². The second-order valence-electron chi connectivity index (χ2n) is 9.09. The highest BCUT2D eigenvalue weighted by atomic mass is 32.1. The minimum Gasteiger partial charge on any atom is -0.497 e. The number of thiocarbonyl (C=S) groups is 1. The quantitative estimate of drug-likeness (QED) is 0.572. The number of rotatable bonds is 8. The summed E-state index contributed by atoms with van der Waals surface area (Å²) >= 11 is 5.85. The Morgan fingerprint density at radius 1 is 1.24 bits per heavy atom. The maximum absolute atomic E-state index is 12.9. The van der Waals surface area contributed by atoms with Crippen LogP contribution in [0.25, 0.3) is 10.9 Å². The largest absolute Gasteiger partial charge is 0.497 e. The van der Waals surface area contributed by atoms with Crippen LogP contribution < -0.4 is 15.6 Å². The normalized spacial score (nSPS) is 17.7. The molecule has 0 bridgehead atoms. The van der Waals surface area contributed by atoms with Gasteiger partial charge in [-0.1, -0.05) is 19.3 Å². The van der Waals surface area contributed by atoms with Crippen molar-refractivity contribution in [3.63, 3.8) is 0 Å². The van der Waals surface area contributed by atoms with Gasteiger partial charge in [-0.2, -0.15) is 0 Å². The standard InChI is InChI=1S/C25H36N4O3S/c1-31-22-8-9-23-19(17-22)16-20(24(30)27-23)18-29(11-5-10-28-12-14-32-15-13-28)25(33)26-21-6-3-2-4-7-21/h8-9,16-17,21H,2-7,10-15,18H2,1H3,(H,26,33)(H,27,30). The third-order valence-corrected chi connectivity index (χ3v) is 7.09. The first kappa shape index (κ1) is 24.0. The monoisotopic (exact) mass is 472 g/mol. The number of nitrogens with one attached hydrogen (secondary N) is 2. The zero-order valence-corrected chi connectivity index (χ0v) is 20.4. The summed E-state index contributed by atoms with van der Waals surface area (Å²) < 4.78 is 10.8. The molecule has 2 heterocycles. The molecule has 1 aliphatic carbocycles. The maximum atomic E-state index is 12.9. The van der Waals surface area contributed by atoms with Gasteiger partial charge in [-0.05, 0) is 55.7 Å². The molecule has 1 aliphatic heterocycles. The Hall–Kier alpha value is -2.16. The van der Waals surface area contributed by atoms with Crippen molar-refractivity contribution in [3.8, 4) is 5.75 Å². The van der Waals surface area contributed by atoms with Crippen LogP contribution in [0.1, 0.15) is 44.1 Å². The van der Waals surface area contributed by atoms with E-state index < -0.39 is 0 Å². The number of nitrogens with zero attached hydrogens (tertiary/aromatic N) is 2. The summed E-state index contributed by atoms with van der Waals surface area (Å²) in [7, 11) is 1.65. The molecule has 0 atom stereocenters. The lowest BCUT2D eigenvalue weighted by Crippen LogP contribution is -2.46. The zero-order chi connectivity index (χ0) is 23.0. The fraction of sp³-hybridized carbons (Fsp3) is 0.600. The van der Waals surface area contributed by atoms with E-state index in [0.717, 1.165) is 86.0 Å². The molecule has 2 aliphatic rings. The van der Waals surface area contributed by atoms with Gasteiger partial charge in [-0.15, -0.1) is 0 Å². The summed E-state index contributed by atoms with van der Waals surface area (Å²) in [5.74, 6) is 0.775. The van der Waals surface area contributed by atoms with E-state index in [1.54, 1.807) is 7.11 Å². The Morgan fingerprint density at radius 2 is 2.03 bits per heavy atom. The van der Waals surface area contributed by atoms with Crippen LogP contribution in [0.2, 0.25) is 0 Å². The minimum atomic E-state index is -0.0636. The molecule has 8 heteroatoms. The molecule has 1 aromatic heterocycles. The molecule has 2 N–H and O–H groups in total. The Morgan fingerprint density at radius 3 is 2.79 bits per heavy atom. The van der Waals surface area contributed by atoms with Crippen molar-refractivity contribution in [1.29, 1.82) is 0 Å². The lowest BCUT2D eigenvalue weighted by Gasteiger charge is -2.32. The van der Waals surface area contributed by atoms with Gasteiger partial charge >= 0.3 is 0 Å². The number of hydrogen-bond acceptors (Lipinski definition) is 5. The highest BCUT2D eigenvalue weighted by Gasteiger charge is 2.19. The average Bonchev–Trinajstić information content (AvgIpc) is 2.84. The van der Waals surface area contributed by atoms with Gasteiger partial charge in [0, 0.05) is 48.7 Å². The summed E-state index contributed by atoms with van der Waals surface area (Å²) in [4.78, 5) is 20.5. The first-order chi connectivity index (χ1) is 16.1. The zero-order valence-electron chi connectivity index (χ0n) is 19.6. The van der Waals surface area contributed by atoms with Crippen molar-refractivity contribution in [1.82, 2.24) is 20.1 Å². The van der Waals surface area contributed by atoms with E-state index in [1.807, 2.05) is 24.3 Å². The number of aromatic nitrogens is 1. The molecule has 33 heavy (non-hydrogen) atoms. The second kappa shape index (κ2) is 11.8. The predicted octanol–water partition coefficient (Wildman–Crippen LogP) is 3.27. The molecule has 0 amide bonds. The highest BCUT2D eigenvalue weighted by Crippen LogP contribution is 2.20. The van der Waals surface area contributed by atoms with Crippen LogP contribution in [-0.4, -0.2) is 72.4 Å². The SMILES string of the molecule is COc1ccc2[nH]c(=O)c(CN(CCCN3CCOCC3)C(=S)NC3CCCCC3)cc2c1. The fourth-order valence-electron chi connectivity index (χ4n) is 4.76. The summed E-state index contributed by atoms with van der Waals surface area (Å²) in [5.41, 5.74) is 1.47. The minimum absolute atomic E-state index is 0.0636. The number of benzene rings is 1. The summed E-state index contributed by atoms with van der Waals surface area (Å²) in [6, 6.07) is 8.10. The van der Waals surface area contributed by atoms with Crippen LogP contribution in [0.15, 0.2) is 29.1 Å². The maximum Gasteiger partial charge on any atom is 0.253 e. The number of H-pyrrole nitrogens is 1. The van der Waals surface area contributed by atoms with Gasteiger partial charge < -0.3 is 24.7 Å². The first-order valence-electron chi connectivity index (χ1n) is 12.2. The fourth-order valence-corrected chi connectivity index (χ4v) is 5.08. The molecule has 2 fully saturated rings. The molecule has 180 valence electrons. The van der Waals surface area contributed by atoms with Crippen LogP contribution in [0, 0.1) is 0 Å². The number of fused-ring (bicyclic) bond motifs is 1. The van der Waals surface area contributed by atoms with Crippen LogP contribution in [0.5, 0.6) is 5.75 Å². The first-order valence-corrected chi connectivity index (χ1v) is 12.6. The molecule has 7 nitrogen and oxygen atoms in total. The number of methoxy groups -OCH3 is 1. The molecule has 0 unspecified atom stereocenters. The van der Waals surface area contributed by atoms with E-state index in [1.165, 1.54) is 19.3 Å². The summed E-state index contributed by atoms with van der Waals surface area (Å²) in [5, 5.41) is 5.31. The van der Waals surface area contributed by atoms with E-state index in [-0.39, 0.29) is 5.56 Å². The van der Waals surface area contributed by atoms with Crippen LogP contribution >= 0.6 is 12.2 Å². The van der Waals surface area contributed by atoms with Gasteiger partial charge in [0.1, 0.15) is 5.75 Å². The Bertz CT molecular complexity index is 983. The van der Waals surface area contributed by atoms with Gasteiger partial charge in [-0.25, -0.2) is 0 Å². The highest BCUT2D eigenvalue weighted by molar-refractivity contribution is 7.80. The van der Waals surface area contributed by atoms with Gasteiger partial charge in [0.05, 0.1) is 26.9 Å². The lowest BCUT2D eigenvalue weighted by atomic mass is 9.96. The van der Waals surface area contributed by atoms with Crippen LogP contribution in [0.3, 0.4) is 0 Å². The Balaban J connectivity index is 1.48. The summed E-state index contributed by atoms with van der Waals surface area (Å²) in [6.45, 7) is 5.89. The van der Waals surface area contributed by atoms with Crippen molar-refractivity contribution in [3.05, 3.63) is 40.2 Å². The third kappa shape index (κ3) is 6.68. The molecule has 1 saturated carbocycles. The number of hydrogen-bond donors (Lipinski definition) is 2. The van der Waals surface area contributed by atoms with Gasteiger partial charge in [0.25, 0.3) is 5.56 Å². The second-order valence-corrected chi connectivity index (χ2v) is 9.48. The van der Waals surface area contributed by atoms with E-state index in [0.29, 0.717) is 12.6 Å². The Kier molecular flexibility index (Phi) is 8.58. The third-order valence-electron chi connectivity index (χ3n) is 6.72. The number of pyridine rings is 1. The molecule has 1 aromatic carbocycles. The smallest absolute Gasteiger partial charge is 0.253 e. The van der Waals surface area contributed by atoms with E-state index in [2.05, 4.69) is 20.1 Å². The van der Waals surface area contributed by atoms with Crippen LogP contribution in [-0.2, 0) is 11.3 Å².